The van der Waals surface area contributed by atoms with Gasteiger partial charge in [-0.3, -0.25) is 4.79 Å². The topological polar surface area (TPSA) is 26.3 Å². The molecule has 2 nitrogen and oxygen atoms in total. The first-order chi connectivity index (χ1) is 6.74. The number of carbonyl (C=O) groups excluding carboxylic acids is 1. The quantitative estimate of drug-likeness (QED) is 0.686. The highest BCUT2D eigenvalue weighted by molar-refractivity contribution is 6.01. The summed E-state index contributed by atoms with van der Waals surface area (Å²) in [5, 5.41) is 0. The Balaban J connectivity index is 2.64. The third kappa shape index (κ3) is 1.29. The lowest BCUT2D eigenvalue weighted by Gasteiger charge is -2.19. The van der Waals surface area contributed by atoms with E-state index in [9.17, 15) is 9.18 Å². The van der Waals surface area contributed by atoms with Crippen molar-refractivity contribution in [1.29, 1.82) is 0 Å². The molecule has 1 heterocycles. The number of benzene rings is 1. The number of fused-ring (bicyclic) bond motifs is 1. The van der Waals surface area contributed by atoms with Crippen molar-refractivity contribution in [3.63, 3.8) is 0 Å². The van der Waals surface area contributed by atoms with Gasteiger partial charge >= 0.3 is 0 Å². The highest BCUT2D eigenvalue weighted by Gasteiger charge is 2.24. The van der Waals surface area contributed by atoms with Crippen LogP contribution in [0.5, 0.6) is 5.75 Å². The number of hydrogen-bond donors (Lipinski definition) is 0. The summed E-state index contributed by atoms with van der Waals surface area (Å²) in [5.74, 6) is -0.312. The molecule has 0 unspecified atom stereocenters. The van der Waals surface area contributed by atoms with Gasteiger partial charge in [0.2, 0.25) is 0 Å². The number of Topliss-reactive ketones (excluding diaryl/α,β-unsaturated/α-hetero) is 1. The maximum Gasteiger partial charge on any atom is 0.170 e. The minimum absolute atomic E-state index is 0.0115. The predicted octanol–water partition coefficient (Wildman–Crippen LogP) is 2.35. The van der Waals surface area contributed by atoms with Crippen molar-refractivity contribution in [3.8, 4) is 5.75 Å². The van der Waals surface area contributed by atoms with Crippen molar-refractivity contribution in [2.75, 3.05) is 6.61 Å². The van der Waals surface area contributed by atoms with E-state index in [1.54, 1.807) is 6.07 Å². The summed E-state index contributed by atoms with van der Waals surface area (Å²) in [6, 6.07) is 3.01. The number of aryl methyl sites for hydroxylation is 1. The lowest BCUT2D eigenvalue weighted by molar-refractivity contribution is 0.0928. The molecule has 1 aromatic rings. The molecule has 3 heteroatoms. The highest BCUT2D eigenvalue weighted by atomic mass is 19.1. The summed E-state index contributed by atoms with van der Waals surface area (Å²) in [6.45, 7) is 2.23. The largest absolute Gasteiger partial charge is 0.489 e. The number of carbonyl (C=O) groups is 1. The van der Waals surface area contributed by atoms with Gasteiger partial charge in [0.25, 0.3) is 0 Å². The Kier molecular flexibility index (Phi) is 2.23. The van der Waals surface area contributed by atoms with E-state index in [0.29, 0.717) is 12.0 Å². The van der Waals surface area contributed by atoms with Gasteiger partial charge in [-0.05, 0) is 18.1 Å². The number of ether oxygens (including phenoxy) is 1. The Labute approximate surface area is 81.7 Å². The van der Waals surface area contributed by atoms with Crippen LogP contribution in [0.3, 0.4) is 0 Å². The lowest BCUT2D eigenvalue weighted by Crippen LogP contribution is -2.18. The van der Waals surface area contributed by atoms with Crippen LogP contribution in [-0.2, 0) is 6.42 Å². The summed E-state index contributed by atoms with van der Waals surface area (Å²) < 4.78 is 18.5. The van der Waals surface area contributed by atoms with E-state index in [4.69, 9.17) is 4.74 Å². The van der Waals surface area contributed by atoms with Crippen LogP contribution >= 0.6 is 0 Å². The van der Waals surface area contributed by atoms with E-state index in [2.05, 4.69) is 0 Å². The van der Waals surface area contributed by atoms with Crippen LogP contribution in [0.2, 0.25) is 0 Å². The number of hydrogen-bond acceptors (Lipinski definition) is 2. The van der Waals surface area contributed by atoms with Crippen LogP contribution in [0, 0.1) is 5.82 Å². The van der Waals surface area contributed by atoms with E-state index < -0.39 is 5.82 Å². The second-order valence-corrected chi connectivity index (χ2v) is 3.29. The second-order valence-electron chi connectivity index (χ2n) is 3.29. The van der Waals surface area contributed by atoms with Gasteiger partial charge in [-0.1, -0.05) is 13.0 Å². The fourth-order valence-corrected chi connectivity index (χ4v) is 1.71. The van der Waals surface area contributed by atoms with Gasteiger partial charge in [0.1, 0.15) is 0 Å². The van der Waals surface area contributed by atoms with Crippen molar-refractivity contribution in [3.05, 3.63) is 29.1 Å². The lowest BCUT2D eigenvalue weighted by atomic mass is 9.97. The van der Waals surface area contributed by atoms with Crippen molar-refractivity contribution in [2.24, 2.45) is 0 Å². The standard InChI is InChI=1S/C11H11FO2/c1-2-7-3-4-8(12)11-10(7)9(13)5-6-14-11/h3-4H,2,5-6H2,1H3. The molecule has 1 aliphatic heterocycles. The van der Waals surface area contributed by atoms with Gasteiger partial charge in [0.05, 0.1) is 12.2 Å². The van der Waals surface area contributed by atoms with Gasteiger partial charge in [0.15, 0.2) is 17.3 Å². The average Bonchev–Trinajstić information content (AvgIpc) is 2.20. The molecule has 0 saturated heterocycles. The Bertz CT molecular complexity index is 385. The Hall–Kier alpha value is -1.38. The maximum atomic E-state index is 13.3. The molecule has 0 spiro atoms. The fourth-order valence-electron chi connectivity index (χ4n) is 1.71. The number of ketones is 1. The van der Waals surface area contributed by atoms with E-state index in [0.717, 1.165) is 12.0 Å². The molecule has 0 aliphatic carbocycles. The molecule has 2 rings (SSSR count). The molecule has 0 aromatic heterocycles. The van der Waals surface area contributed by atoms with Crippen molar-refractivity contribution < 1.29 is 13.9 Å². The first-order valence-electron chi connectivity index (χ1n) is 4.71. The van der Waals surface area contributed by atoms with Crippen LogP contribution in [0.25, 0.3) is 0 Å². The zero-order valence-corrected chi connectivity index (χ0v) is 7.97. The first kappa shape index (κ1) is 9.19. The second kappa shape index (κ2) is 3.40. The van der Waals surface area contributed by atoms with E-state index in [1.807, 2.05) is 6.92 Å². The monoisotopic (exact) mass is 194 g/mol. The van der Waals surface area contributed by atoms with Crippen molar-refractivity contribution in [2.45, 2.75) is 19.8 Å². The molecule has 0 amide bonds. The third-order valence-electron chi connectivity index (χ3n) is 2.43. The molecule has 1 aliphatic rings. The van der Waals surface area contributed by atoms with Gasteiger partial charge in [0, 0.05) is 6.42 Å². The smallest absolute Gasteiger partial charge is 0.170 e. The molecule has 1 aromatic carbocycles. The molecule has 14 heavy (non-hydrogen) atoms. The zero-order valence-electron chi connectivity index (χ0n) is 7.97. The summed E-state index contributed by atoms with van der Waals surface area (Å²) in [6.07, 6.45) is 1.07. The first-order valence-corrected chi connectivity index (χ1v) is 4.71. The van der Waals surface area contributed by atoms with Crippen molar-refractivity contribution in [1.82, 2.24) is 0 Å². The van der Waals surface area contributed by atoms with Gasteiger partial charge in [-0.25, -0.2) is 4.39 Å². The van der Waals surface area contributed by atoms with Crippen LogP contribution < -0.4 is 4.74 Å². The number of halogens is 1. The van der Waals surface area contributed by atoms with Crippen LogP contribution in [0.1, 0.15) is 29.3 Å². The normalized spacial score (nSPS) is 14.9. The molecule has 0 N–H and O–H groups in total. The minimum Gasteiger partial charge on any atom is -0.489 e. The molecule has 0 bridgehead atoms. The van der Waals surface area contributed by atoms with E-state index >= 15 is 0 Å². The van der Waals surface area contributed by atoms with Gasteiger partial charge < -0.3 is 4.74 Å². The minimum atomic E-state index is -0.440. The van der Waals surface area contributed by atoms with E-state index in [1.165, 1.54) is 6.07 Å². The molecular weight excluding hydrogens is 183 g/mol. The SMILES string of the molecule is CCc1ccc(F)c2c1C(=O)CCO2. The molecule has 0 saturated carbocycles. The predicted molar refractivity (Wildman–Crippen MR) is 50.2 cm³/mol. The Morgan fingerprint density at radius 3 is 3.00 bits per heavy atom. The fraction of sp³-hybridized carbons (Fsp3) is 0.364. The molecular formula is C11H11FO2. The van der Waals surface area contributed by atoms with Crippen LogP contribution in [-0.4, -0.2) is 12.4 Å². The summed E-state index contributed by atoms with van der Waals surface area (Å²) >= 11 is 0. The molecule has 74 valence electrons. The molecule has 0 atom stereocenters. The van der Waals surface area contributed by atoms with Gasteiger partial charge in [-0.2, -0.15) is 0 Å². The Morgan fingerprint density at radius 2 is 2.29 bits per heavy atom. The molecule has 0 fully saturated rings. The summed E-state index contributed by atoms with van der Waals surface area (Å²) in [4.78, 5) is 11.6. The molecule has 0 radical (unpaired) electrons. The number of rotatable bonds is 1. The highest BCUT2D eigenvalue weighted by Crippen LogP contribution is 2.30. The zero-order chi connectivity index (χ0) is 10.1. The average molecular weight is 194 g/mol. The van der Waals surface area contributed by atoms with Gasteiger partial charge in [-0.15, -0.1) is 0 Å². The Morgan fingerprint density at radius 1 is 1.50 bits per heavy atom. The van der Waals surface area contributed by atoms with Crippen LogP contribution in [0.4, 0.5) is 4.39 Å². The summed E-state index contributed by atoms with van der Waals surface area (Å²) in [7, 11) is 0. The van der Waals surface area contributed by atoms with E-state index in [-0.39, 0.29) is 18.1 Å². The van der Waals surface area contributed by atoms with Crippen molar-refractivity contribution >= 4 is 5.78 Å². The summed E-state index contributed by atoms with van der Waals surface area (Å²) in [5.41, 5.74) is 1.31. The van der Waals surface area contributed by atoms with Crippen LogP contribution in [0.15, 0.2) is 12.1 Å². The maximum absolute atomic E-state index is 13.3. The third-order valence-corrected chi connectivity index (χ3v) is 2.43.